The van der Waals surface area contributed by atoms with Crippen molar-refractivity contribution in [1.82, 2.24) is 20.6 Å². The second-order valence-corrected chi connectivity index (χ2v) is 8.97. The van der Waals surface area contributed by atoms with Crippen molar-refractivity contribution < 1.29 is 14.3 Å². The molecule has 0 spiro atoms. The van der Waals surface area contributed by atoms with Gasteiger partial charge in [0.2, 0.25) is 0 Å². The summed E-state index contributed by atoms with van der Waals surface area (Å²) in [5, 5.41) is 7.49. The number of nitrogens with zero attached hydrogens (tertiary/aromatic N) is 2. The van der Waals surface area contributed by atoms with E-state index in [0.29, 0.717) is 22.4 Å². The van der Waals surface area contributed by atoms with Crippen LogP contribution in [0.3, 0.4) is 0 Å². The average molecular weight is 538 g/mol. The van der Waals surface area contributed by atoms with Gasteiger partial charge in [-0.1, -0.05) is 41.4 Å². The summed E-state index contributed by atoms with van der Waals surface area (Å²) in [6, 6.07) is 13.3. The minimum absolute atomic E-state index is 0. The molecule has 2 heterocycles. The molecule has 186 valence electrons. The van der Waals surface area contributed by atoms with E-state index in [0.717, 1.165) is 42.0 Å². The SMILES string of the molecule is COc1ccc(-c2cnc(OCC(=O)NC(Cc3ccc(Cl)c(Cl)c3)C3CCNC3)nc2)cc1.Cl. The Kier molecular flexibility index (Phi) is 9.98. The van der Waals surface area contributed by atoms with Crippen LogP contribution in [0.15, 0.2) is 54.9 Å². The Bertz CT molecular complexity index is 1110. The highest BCUT2D eigenvalue weighted by Gasteiger charge is 2.27. The number of nitrogens with one attached hydrogen (secondary N) is 2. The largest absolute Gasteiger partial charge is 0.497 e. The highest BCUT2D eigenvalue weighted by atomic mass is 35.5. The van der Waals surface area contributed by atoms with Gasteiger partial charge in [0, 0.05) is 24.0 Å². The minimum atomic E-state index is -0.222. The number of benzene rings is 2. The number of rotatable bonds is 9. The van der Waals surface area contributed by atoms with Crippen LogP contribution < -0.4 is 20.1 Å². The third-order valence-electron chi connectivity index (χ3n) is 5.84. The van der Waals surface area contributed by atoms with E-state index in [4.69, 9.17) is 32.7 Å². The zero-order chi connectivity index (χ0) is 23.9. The van der Waals surface area contributed by atoms with E-state index in [9.17, 15) is 4.79 Å². The van der Waals surface area contributed by atoms with Crippen LogP contribution >= 0.6 is 35.6 Å². The summed E-state index contributed by atoms with van der Waals surface area (Å²) in [5.41, 5.74) is 2.82. The third kappa shape index (κ3) is 7.45. The van der Waals surface area contributed by atoms with Crippen molar-refractivity contribution >= 4 is 41.5 Å². The Morgan fingerprint density at radius 1 is 1.11 bits per heavy atom. The first-order valence-corrected chi connectivity index (χ1v) is 11.8. The lowest BCUT2D eigenvalue weighted by molar-refractivity contribution is -0.124. The highest BCUT2D eigenvalue weighted by molar-refractivity contribution is 6.42. The second kappa shape index (κ2) is 12.9. The molecule has 1 aliphatic heterocycles. The normalized spacial score (nSPS) is 15.7. The van der Waals surface area contributed by atoms with Crippen molar-refractivity contribution in [3.63, 3.8) is 0 Å². The van der Waals surface area contributed by atoms with Crippen molar-refractivity contribution in [3.8, 4) is 22.9 Å². The van der Waals surface area contributed by atoms with Gasteiger partial charge < -0.3 is 20.1 Å². The van der Waals surface area contributed by atoms with Gasteiger partial charge in [0.15, 0.2) is 6.61 Å². The summed E-state index contributed by atoms with van der Waals surface area (Å²) < 4.78 is 10.7. The maximum absolute atomic E-state index is 12.7. The molecule has 2 atom stereocenters. The van der Waals surface area contributed by atoms with E-state index in [-0.39, 0.29) is 37.0 Å². The molecule has 0 aliphatic carbocycles. The van der Waals surface area contributed by atoms with Crippen LogP contribution in [0.4, 0.5) is 0 Å². The number of methoxy groups -OCH3 is 1. The van der Waals surface area contributed by atoms with Gasteiger partial charge in [-0.3, -0.25) is 4.79 Å². The van der Waals surface area contributed by atoms with E-state index in [1.807, 2.05) is 36.4 Å². The fourth-order valence-electron chi connectivity index (χ4n) is 3.98. The quantitative estimate of drug-likeness (QED) is 0.415. The van der Waals surface area contributed by atoms with Gasteiger partial charge in [0.25, 0.3) is 5.91 Å². The molecule has 35 heavy (non-hydrogen) atoms. The lowest BCUT2D eigenvalue weighted by Crippen LogP contribution is -2.44. The Hall–Kier alpha value is -2.58. The summed E-state index contributed by atoms with van der Waals surface area (Å²) in [5.74, 6) is 0.875. The molecule has 4 rings (SSSR count). The van der Waals surface area contributed by atoms with Gasteiger partial charge in [0.1, 0.15) is 5.75 Å². The Morgan fingerprint density at radius 2 is 1.86 bits per heavy atom. The van der Waals surface area contributed by atoms with Gasteiger partial charge in [-0.2, -0.15) is 0 Å². The molecule has 1 amide bonds. The van der Waals surface area contributed by atoms with Gasteiger partial charge in [-0.05, 0) is 67.2 Å². The average Bonchev–Trinajstić information content (AvgIpc) is 3.40. The van der Waals surface area contributed by atoms with Crippen LogP contribution in [0, 0.1) is 5.92 Å². The van der Waals surface area contributed by atoms with Crippen LogP contribution in [0.2, 0.25) is 10.0 Å². The number of halogens is 3. The fraction of sp³-hybridized carbons (Fsp3) is 0.320. The topological polar surface area (TPSA) is 85.4 Å². The molecule has 1 fully saturated rings. The van der Waals surface area contributed by atoms with E-state index in [2.05, 4.69) is 20.6 Å². The Labute approximate surface area is 221 Å². The first-order chi connectivity index (χ1) is 16.5. The summed E-state index contributed by atoms with van der Waals surface area (Å²) in [4.78, 5) is 21.1. The second-order valence-electron chi connectivity index (χ2n) is 8.15. The van der Waals surface area contributed by atoms with Crippen LogP contribution in [-0.2, 0) is 11.2 Å². The summed E-state index contributed by atoms with van der Waals surface area (Å²) in [7, 11) is 1.63. The Morgan fingerprint density at radius 3 is 2.49 bits per heavy atom. The van der Waals surface area contributed by atoms with E-state index in [1.54, 1.807) is 25.6 Å². The van der Waals surface area contributed by atoms with E-state index in [1.165, 1.54) is 0 Å². The lowest BCUT2D eigenvalue weighted by atomic mass is 9.92. The van der Waals surface area contributed by atoms with Gasteiger partial charge >= 0.3 is 6.01 Å². The van der Waals surface area contributed by atoms with Crippen molar-refractivity contribution in [3.05, 3.63) is 70.5 Å². The summed E-state index contributed by atoms with van der Waals surface area (Å²) in [6.07, 6.45) is 4.98. The molecular weight excluding hydrogens is 511 g/mol. The van der Waals surface area contributed by atoms with Crippen LogP contribution in [-0.4, -0.2) is 48.7 Å². The predicted octanol–water partition coefficient (Wildman–Crippen LogP) is 4.60. The highest BCUT2D eigenvalue weighted by Crippen LogP contribution is 2.25. The zero-order valence-electron chi connectivity index (χ0n) is 19.2. The molecule has 2 unspecified atom stereocenters. The van der Waals surface area contributed by atoms with Crippen LogP contribution in [0.5, 0.6) is 11.8 Å². The number of aromatic nitrogens is 2. The summed E-state index contributed by atoms with van der Waals surface area (Å²) in [6.45, 7) is 1.62. The smallest absolute Gasteiger partial charge is 0.316 e. The molecule has 2 N–H and O–H groups in total. The Balaban J connectivity index is 0.00000342. The summed E-state index contributed by atoms with van der Waals surface area (Å²) >= 11 is 12.2. The first kappa shape index (κ1) is 27.0. The maximum Gasteiger partial charge on any atom is 0.316 e. The molecule has 0 radical (unpaired) electrons. The predicted molar refractivity (Wildman–Crippen MR) is 140 cm³/mol. The standard InChI is InChI=1S/C25H26Cl2N4O3.ClH/c1-33-20-5-3-17(4-6-20)19-13-29-25(30-14-19)34-15-24(32)31-23(18-8-9-28-12-18)11-16-2-7-21(26)22(27)10-16;/h2-7,10,13-14,18,23,28H,8-9,11-12,15H2,1H3,(H,31,32);1H. The first-order valence-electron chi connectivity index (χ1n) is 11.0. The van der Waals surface area contributed by atoms with E-state index < -0.39 is 0 Å². The fourth-order valence-corrected chi connectivity index (χ4v) is 4.30. The molecule has 7 nitrogen and oxygen atoms in total. The minimum Gasteiger partial charge on any atom is -0.497 e. The molecule has 3 aromatic rings. The maximum atomic E-state index is 12.7. The molecule has 0 saturated carbocycles. The van der Waals surface area contributed by atoms with Gasteiger partial charge in [-0.25, -0.2) is 9.97 Å². The molecule has 0 bridgehead atoms. The third-order valence-corrected chi connectivity index (χ3v) is 6.58. The van der Waals surface area contributed by atoms with Crippen molar-refractivity contribution in [2.24, 2.45) is 5.92 Å². The number of carbonyl (C=O) groups is 1. The van der Waals surface area contributed by atoms with Crippen LogP contribution in [0.1, 0.15) is 12.0 Å². The molecule has 1 aliphatic rings. The lowest BCUT2D eigenvalue weighted by Gasteiger charge is -2.24. The van der Waals surface area contributed by atoms with Crippen molar-refractivity contribution in [2.45, 2.75) is 18.9 Å². The molecule has 1 saturated heterocycles. The monoisotopic (exact) mass is 536 g/mol. The van der Waals surface area contributed by atoms with Crippen molar-refractivity contribution in [1.29, 1.82) is 0 Å². The number of ether oxygens (including phenoxy) is 2. The molecule has 2 aromatic carbocycles. The van der Waals surface area contributed by atoms with Gasteiger partial charge in [0.05, 0.1) is 17.2 Å². The van der Waals surface area contributed by atoms with Gasteiger partial charge in [-0.15, -0.1) is 12.4 Å². The zero-order valence-corrected chi connectivity index (χ0v) is 21.5. The number of amides is 1. The molecule has 1 aromatic heterocycles. The molecule has 10 heteroatoms. The van der Waals surface area contributed by atoms with Crippen LogP contribution in [0.25, 0.3) is 11.1 Å². The number of carbonyl (C=O) groups excluding carboxylic acids is 1. The number of hydrogen-bond donors (Lipinski definition) is 2. The number of hydrogen-bond acceptors (Lipinski definition) is 6. The molecular formula is C25H27Cl3N4O3. The van der Waals surface area contributed by atoms with Crippen molar-refractivity contribution in [2.75, 3.05) is 26.8 Å². The van der Waals surface area contributed by atoms with E-state index >= 15 is 0 Å².